The van der Waals surface area contributed by atoms with Crippen molar-refractivity contribution in [1.29, 1.82) is 0 Å². The minimum absolute atomic E-state index is 0. The Labute approximate surface area is 166 Å². The van der Waals surface area contributed by atoms with Crippen LogP contribution in [0.2, 0.25) is 0 Å². The van der Waals surface area contributed by atoms with Gasteiger partial charge in [0.25, 0.3) is 0 Å². The van der Waals surface area contributed by atoms with Crippen molar-refractivity contribution in [3.63, 3.8) is 0 Å². The van der Waals surface area contributed by atoms with Gasteiger partial charge in [0, 0.05) is 11.7 Å². The van der Waals surface area contributed by atoms with Crippen LogP contribution in [0.15, 0.2) is 0 Å². The molecule has 0 aromatic heterocycles. The van der Waals surface area contributed by atoms with E-state index in [1.165, 1.54) is 11.8 Å². The third-order valence-electron chi connectivity index (χ3n) is 0.526. The fourth-order valence-electron chi connectivity index (χ4n) is 0.218. The summed E-state index contributed by atoms with van der Waals surface area (Å²) in [4.78, 5) is 9.78. The van der Waals surface area contributed by atoms with Gasteiger partial charge in [0.1, 0.15) is 0 Å². The summed E-state index contributed by atoms with van der Waals surface area (Å²) in [6, 6.07) is 0. The number of carbonyl (C=O) groups excluding carboxylic acids is 1. The van der Waals surface area contributed by atoms with E-state index in [9.17, 15) is 9.90 Å². The van der Waals surface area contributed by atoms with Crippen LogP contribution < -0.4 is 108 Å². The summed E-state index contributed by atoms with van der Waals surface area (Å²) in [6.07, 6.45) is 0.0153. The molecule has 0 aliphatic heterocycles. The van der Waals surface area contributed by atoms with E-state index >= 15 is 0 Å². The number of carboxylic acid groups (broad SMARTS) is 1. The monoisotopic (exact) mass is 258 g/mol. The van der Waals surface area contributed by atoms with Crippen molar-refractivity contribution in [1.82, 2.24) is 0 Å². The Morgan fingerprint density at radius 2 is 2.00 bits per heavy atom. The van der Waals surface area contributed by atoms with Crippen LogP contribution in [0.3, 0.4) is 0 Å². The smallest absolute Gasteiger partial charge is 0.550 e. The van der Waals surface area contributed by atoms with Gasteiger partial charge in [-0.1, -0.05) is 3.53 Å². The molecule has 0 rings (SSSR count). The summed E-state index contributed by atoms with van der Waals surface area (Å²) in [5.41, 5.74) is 0. The zero-order valence-electron chi connectivity index (χ0n) is 6.46. The maximum absolute atomic E-state index is 9.78. The molecular formula is C4H4K2O2S3. The summed E-state index contributed by atoms with van der Waals surface area (Å²) >= 11 is 10.2. The normalized spacial score (nSPS) is 7.27. The van der Waals surface area contributed by atoms with Crippen LogP contribution in [0.25, 0.3) is 0 Å². The van der Waals surface area contributed by atoms with Crippen molar-refractivity contribution in [2.45, 2.75) is 6.42 Å². The van der Waals surface area contributed by atoms with Crippen molar-refractivity contribution in [3.05, 3.63) is 0 Å². The van der Waals surface area contributed by atoms with Crippen LogP contribution in [-0.4, -0.2) is 15.3 Å². The molecule has 0 amide bonds. The van der Waals surface area contributed by atoms with Gasteiger partial charge in [-0.25, -0.2) is 0 Å². The van der Waals surface area contributed by atoms with Crippen LogP contribution in [0.1, 0.15) is 6.42 Å². The second-order valence-corrected chi connectivity index (χ2v) is 3.92. The molecule has 0 radical (unpaired) electrons. The van der Waals surface area contributed by atoms with Gasteiger partial charge >= 0.3 is 103 Å². The van der Waals surface area contributed by atoms with Gasteiger partial charge < -0.3 is 34.7 Å². The Morgan fingerprint density at radius 1 is 1.55 bits per heavy atom. The van der Waals surface area contributed by atoms with Crippen LogP contribution in [-0.2, 0) is 17.4 Å². The molecule has 0 fully saturated rings. The Morgan fingerprint density at radius 3 is 2.27 bits per heavy atom. The Bertz CT molecular complexity index is 117. The second-order valence-electron chi connectivity index (χ2n) is 1.22. The van der Waals surface area contributed by atoms with Crippen molar-refractivity contribution in [2.24, 2.45) is 0 Å². The predicted molar refractivity (Wildman–Crippen MR) is 42.0 cm³/mol. The zero-order chi connectivity index (χ0) is 7.28. The summed E-state index contributed by atoms with van der Waals surface area (Å²) in [6.45, 7) is 0. The fourth-order valence-corrected chi connectivity index (χ4v) is 1.15. The number of thiocarbonyl (C=S) groups is 1. The van der Waals surface area contributed by atoms with Crippen LogP contribution in [0.4, 0.5) is 0 Å². The van der Waals surface area contributed by atoms with Crippen LogP contribution in [0, 0.1) is 0 Å². The quantitative estimate of drug-likeness (QED) is 0.286. The molecule has 0 N–H and O–H groups in total. The number of thioether (sulfide) groups is 1. The van der Waals surface area contributed by atoms with Gasteiger partial charge in [0.2, 0.25) is 0 Å². The largest absolute Gasteiger partial charge is 1.00 e. The third-order valence-corrected chi connectivity index (χ3v) is 1.88. The van der Waals surface area contributed by atoms with Crippen molar-refractivity contribution in [3.8, 4) is 0 Å². The first-order valence-corrected chi connectivity index (χ1v) is 3.96. The SMILES string of the molecule is O=C([O-])CCSC(=S)[S-].[K+].[K+]. The first kappa shape index (κ1) is 19.9. The summed E-state index contributed by atoms with van der Waals surface area (Å²) < 4.78 is 0.358. The molecular weight excluding hydrogens is 254 g/mol. The molecule has 0 saturated heterocycles. The minimum atomic E-state index is -1.06. The predicted octanol–water partition coefficient (Wildman–Crippen LogP) is -6.30. The van der Waals surface area contributed by atoms with Crippen LogP contribution >= 0.6 is 24.0 Å². The van der Waals surface area contributed by atoms with E-state index in [0.29, 0.717) is 9.28 Å². The van der Waals surface area contributed by atoms with Gasteiger partial charge in [-0.2, -0.15) is 0 Å². The molecule has 0 aliphatic rings. The molecule has 0 aromatic carbocycles. The number of aliphatic carboxylic acids is 1. The minimum Gasteiger partial charge on any atom is -0.550 e. The number of carbonyl (C=O) groups is 1. The van der Waals surface area contributed by atoms with Gasteiger partial charge in [0.05, 0.1) is 0 Å². The average molecular weight is 258 g/mol. The number of hydrogen-bond acceptors (Lipinski definition) is 5. The van der Waals surface area contributed by atoms with Crippen molar-refractivity contribution >= 4 is 46.1 Å². The first-order valence-electron chi connectivity index (χ1n) is 2.16. The van der Waals surface area contributed by atoms with Crippen molar-refractivity contribution < 1.29 is 113 Å². The van der Waals surface area contributed by atoms with Gasteiger partial charge in [-0.3, -0.25) is 0 Å². The topological polar surface area (TPSA) is 40.1 Å². The molecule has 0 spiro atoms. The molecule has 52 valence electrons. The molecule has 0 saturated carbocycles. The standard InChI is InChI=1S/C4H6O2S3.2K/c5-3(6)1-2-9-4(7)8;;/h1-2H2,(H,5,6)(H,7,8);;/q;2*+1/p-2. The molecule has 0 aromatic rings. The van der Waals surface area contributed by atoms with E-state index in [1.54, 1.807) is 0 Å². The Balaban J connectivity index is -0.000000320. The zero-order valence-corrected chi connectivity index (χ0v) is 15.2. The molecule has 2 nitrogen and oxygen atoms in total. The summed E-state index contributed by atoms with van der Waals surface area (Å²) in [7, 11) is 0. The second kappa shape index (κ2) is 13.4. The molecule has 11 heavy (non-hydrogen) atoms. The van der Waals surface area contributed by atoms with E-state index in [2.05, 4.69) is 24.8 Å². The fraction of sp³-hybridized carbons (Fsp3) is 0.500. The third kappa shape index (κ3) is 19.7. The molecule has 0 aliphatic carbocycles. The van der Waals surface area contributed by atoms with Crippen LogP contribution in [0.5, 0.6) is 0 Å². The molecule has 0 atom stereocenters. The van der Waals surface area contributed by atoms with E-state index < -0.39 is 5.97 Å². The van der Waals surface area contributed by atoms with Gasteiger partial charge in [0.15, 0.2) is 0 Å². The summed E-state index contributed by atoms with van der Waals surface area (Å²) in [5, 5.41) is 9.78. The van der Waals surface area contributed by atoms with E-state index in [-0.39, 0.29) is 109 Å². The summed E-state index contributed by atoms with van der Waals surface area (Å²) in [5.74, 6) is -0.640. The number of hydrogen-bond donors (Lipinski definition) is 0. The number of carboxylic acids is 1. The van der Waals surface area contributed by atoms with E-state index in [1.807, 2.05) is 0 Å². The molecule has 0 bridgehead atoms. The van der Waals surface area contributed by atoms with Gasteiger partial charge in [-0.05, 0) is 6.42 Å². The van der Waals surface area contributed by atoms with Crippen molar-refractivity contribution in [2.75, 3.05) is 5.75 Å². The Hall–Kier alpha value is 3.40. The maximum atomic E-state index is 9.78. The average Bonchev–Trinajstić information content (AvgIpc) is 1.63. The maximum Gasteiger partial charge on any atom is 1.00 e. The van der Waals surface area contributed by atoms with Gasteiger partial charge in [-0.15, -0.1) is 11.8 Å². The Kier molecular flexibility index (Phi) is 24.2. The molecule has 0 heterocycles. The van der Waals surface area contributed by atoms with E-state index in [4.69, 9.17) is 0 Å². The number of rotatable bonds is 3. The molecule has 7 heteroatoms. The van der Waals surface area contributed by atoms with E-state index in [0.717, 1.165) is 0 Å². The first-order chi connectivity index (χ1) is 4.13. The molecule has 0 unspecified atom stereocenters.